The van der Waals surface area contributed by atoms with Crippen LogP contribution in [-0.4, -0.2) is 42.2 Å². The molecule has 0 saturated carbocycles. The van der Waals surface area contributed by atoms with E-state index in [1.165, 1.54) is 0 Å². The summed E-state index contributed by atoms with van der Waals surface area (Å²) in [7, 11) is 0. The minimum Gasteiger partial charge on any atom is -0.378 e. The zero-order valence-corrected chi connectivity index (χ0v) is 11.5. The molecule has 3 rings (SSSR count). The number of nitrogens with one attached hydrogen (secondary N) is 1. The van der Waals surface area contributed by atoms with Crippen LogP contribution in [-0.2, 0) is 16.0 Å². The van der Waals surface area contributed by atoms with Gasteiger partial charge in [-0.15, -0.1) is 0 Å². The first-order valence-corrected chi connectivity index (χ1v) is 7.13. The maximum atomic E-state index is 11.0. The van der Waals surface area contributed by atoms with Gasteiger partial charge in [0.2, 0.25) is 11.9 Å². The lowest BCUT2D eigenvalue weighted by atomic mass is 9.96. The summed E-state index contributed by atoms with van der Waals surface area (Å²) in [6, 6.07) is 0. The minimum absolute atomic E-state index is 0.258. The van der Waals surface area contributed by atoms with Crippen LogP contribution in [0.25, 0.3) is 5.57 Å². The molecule has 1 aromatic heterocycles. The number of aromatic nitrogens is 2. The first-order chi connectivity index (χ1) is 9.74. The van der Waals surface area contributed by atoms with Crippen molar-refractivity contribution in [2.24, 2.45) is 5.73 Å². The number of aryl methyl sites for hydroxylation is 1. The fourth-order valence-corrected chi connectivity index (χ4v) is 2.74. The monoisotopic (exact) mass is 276 g/mol. The number of allylic oxidation sites excluding steroid dienone is 2. The van der Waals surface area contributed by atoms with Gasteiger partial charge in [0.05, 0.1) is 24.6 Å². The molecule has 1 fully saturated rings. The zero-order chi connectivity index (χ0) is 13.9. The highest BCUT2D eigenvalue weighted by molar-refractivity contribution is 5.77. The second-order valence-electron chi connectivity index (χ2n) is 5.22. The maximum absolute atomic E-state index is 11.0. The number of fused-ring (bicyclic) bond motifs is 1. The van der Waals surface area contributed by atoms with Gasteiger partial charge in [0, 0.05) is 19.5 Å². The number of nitrogens with two attached hydrogens (primary N) is 1. The van der Waals surface area contributed by atoms with Crippen molar-refractivity contribution in [2.75, 3.05) is 31.2 Å². The van der Waals surface area contributed by atoms with Gasteiger partial charge < -0.3 is 20.4 Å². The Morgan fingerprint density at radius 2 is 2.25 bits per heavy atom. The van der Waals surface area contributed by atoms with E-state index in [0.29, 0.717) is 12.8 Å². The number of ether oxygens (including phenoxy) is 1. The summed E-state index contributed by atoms with van der Waals surface area (Å²) in [5, 5.41) is 0. The minimum atomic E-state index is -0.258. The van der Waals surface area contributed by atoms with Crippen LogP contribution in [0.2, 0.25) is 0 Å². The highest BCUT2D eigenvalue weighted by Crippen LogP contribution is 2.30. The number of morpholine rings is 1. The molecule has 0 radical (unpaired) electrons. The number of hydrogen-bond donors (Lipinski definition) is 2. The van der Waals surface area contributed by atoms with Crippen LogP contribution in [0.5, 0.6) is 0 Å². The Hall–Kier alpha value is -1.82. The number of nitrogens with zero attached hydrogens (tertiary/aromatic N) is 2. The summed E-state index contributed by atoms with van der Waals surface area (Å²) in [5.74, 6) is 0.663. The Morgan fingerprint density at radius 1 is 1.45 bits per heavy atom. The van der Waals surface area contributed by atoms with Crippen molar-refractivity contribution in [1.29, 1.82) is 0 Å². The second-order valence-corrected chi connectivity index (χ2v) is 5.22. The summed E-state index contributed by atoms with van der Waals surface area (Å²) in [6.07, 6.45) is 5.20. The molecule has 0 spiro atoms. The lowest BCUT2D eigenvalue weighted by Crippen LogP contribution is -2.36. The lowest BCUT2D eigenvalue weighted by molar-refractivity contribution is -0.117. The van der Waals surface area contributed by atoms with Crippen LogP contribution in [0.15, 0.2) is 6.08 Å². The Bertz CT molecular complexity index is 529. The number of imidazole rings is 1. The normalized spacial score (nSPS) is 18.6. The Kier molecular flexibility index (Phi) is 3.73. The van der Waals surface area contributed by atoms with E-state index >= 15 is 0 Å². The molecule has 0 bridgehead atoms. The van der Waals surface area contributed by atoms with E-state index in [4.69, 9.17) is 15.5 Å². The van der Waals surface area contributed by atoms with Gasteiger partial charge in [-0.3, -0.25) is 4.79 Å². The molecule has 0 atom stereocenters. The van der Waals surface area contributed by atoms with Gasteiger partial charge in [-0.2, -0.15) is 0 Å². The number of primary amides is 1. The van der Waals surface area contributed by atoms with Crippen LogP contribution in [0.1, 0.15) is 30.7 Å². The Labute approximate surface area is 118 Å². The van der Waals surface area contributed by atoms with E-state index in [-0.39, 0.29) is 5.91 Å². The molecule has 1 aliphatic heterocycles. The molecule has 1 saturated heterocycles. The van der Waals surface area contributed by atoms with E-state index in [9.17, 15) is 4.79 Å². The largest absolute Gasteiger partial charge is 0.378 e. The number of carbonyl (C=O) groups excluding carboxylic acids is 1. The van der Waals surface area contributed by atoms with Gasteiger partial charge in [-0.25, -0.2) is 4.98 Å². The summed E-state index contributed by atoms with van der Waals surface area (Å²) in [4.78, 5) is 21.3. The summed E-state index contributed by atoms with van der Waals surface area (Å²) >= 11 is 0. The van der Waals surface area contributed by atoms with Gasteiger partial charge in [-0.05, 0) is 24.8 Å². The quantitative estimate of drug-likeness (QED) is 0.853. The van der Waals surface area contributed by atoms with E-state index in [2.05, 4.69) is 16.0 Å². The van der Waals surface area contributed by atoms with E-state index in [1.54, 1.807) is 0 Å². The predicted molar refractivity (Wildman–Crippen MR) is 76.3 cm³/mol. The number of rotatable bonds is 4. The van der Waals surface area contributed by atoms with Crippen molar-refractivity contribution in [3.63, 3.8) is 0 Å². The van der Waals surface area contributed by atoms with Gasteiger partial charge in [0.25, 0.3) is 0 Å². The van der Waals surface area contributed by atoms with Crippen molar-refractivity contribution >= 4 is 17.4 Å². The molecule has 1 amide bonds. The first-order valence-electron chi connectivity index (χ1n) is 7.13. The molecule has 6 heteroatoms. The molecule has 2 aliphatic rings. The number of H-pyrrole nitrogens is 1. The molecule has 108 valence electrons. The van der Waals surface area contributed by atoms with Crippen molar-refractivity contribution in [3.8, 4) is 0 Å². The fourth-order valence-electron chi connectivity index (χ4n) is 2.74. The van der Waals surface area contributed by atoms with Gasteiger partial charge in [0.1, 0.15) is 0 Å². The van der Waals surface area contributed by atoms with Gasteiger partial charge in [0.15, 0.2) is 0 Å². The van der Waals surface area contributed by atoms with Crippen LogP contribution < -0.4 is 10.6 Å². The highest BCUT2D eigenvalue weighted by Gasteiger charge is 2.21. The van der Waals surface area contributed by atoms with Crippen LogP contribution in [0.4, 0.5) is 5.95 Å². The van der Waals surface area contributed by atoms with Crippen molar-refractivity contribution in [2.45, 2.75) is 25.7 Å². The number of anilines is 1. The van der Waals surface area contributed by atoms with Crippen molar-refractivity contribution in [1.82, 2.24) is 9.97 Å². The smallest absolute Gasteiger partial charge is 0.217 e. The number of amides is 1. The standard InChI is InChI=1S/C14H20N4O2/c15-12(19)5-4-10-2-1-3-11-13(10)17-14(16-11)18-6-8-20-9-7-18/h2H,1,3-9H2,(H2,15,19)(H,16,17). The third-order valence-electron chi connectivity index (χ3n) is 3.81. The molecular weight excluding hydrogens is 256 g/mol. The molecule has 1 aliphatic carbocycles. The van der Waals surface area contributed by atoms with Crippen molar-refractivity contribution < 1.29 is 9.53 Å². The topological polar surface area (TPSA) is 84.2 Å². The molecule has 0 aromatic carbocycles. The van der Waals surface area contributed by atoms with Crippen LogP contribution >= 0.6 is 0 Å². The highest BCUT2D eigenvalue weighted by atomic mass is 16.5. The molecule has 20 heavy (non-hydrogen) atoms. The molecular formula is C14H20N4O2. The second kappa shape index (κ2) is 5.66. The van der Waals surface area contributed by atoms with Crippen molar-refractivity contribution in [3.05, 3.63) is 17.5 Å². The number of aromatic amines is 1. The average molecular weight is 276 g/mol. The Balaban J connectivity index is 1.78. The van der Waals surface area contributed by atoms with Crippen LogP contribution in [0.3, 0.4) is 0 Å². The summed E-state index contributed by atoms with van der Waals surface area (Å²) in [6.45, 7) is 3.23. The number of hydrogen-bond acceptors (Lipinski definition) is 4. The van der Waals surface area contributed by atoms with E-state index < -0.39 is 0 Å². The predicted octanol–water partition coefficient (Wildman–Crippen LogP) is 0.841. The fraction of sp³-hybridized carbons (Fsp3) is 0.571. The number of carbonyl (C=O) groups is 1. The molecule has 0 unspecified atom stereocenters. The SMILES string of the molecule is NC(=O)CCC1=CCCc2nc(N3CCOCC3)[nH]c21. The summed E-state index contributed by atoms with van der Waals surface area (Å²) in [5.41, 5.74) is 8.59. The molecule has 3 N–H and O–H groups in total. The van der Waals surface area contributed by atoms with Gasteiger partial charge >= 0.3 is 0 Å². The molecule has 2 heterocycles. The lowest BCUT2D eigenvalue weighted by Gasteiger charge is -2.26. The maximum Gasteiger partial charge on any atom is 0.217 e. The Morgan fingerprint density at radius 3 is 3.00 bits per heavy atom. The van der Waals surface area contributed by atoms with Gasteiger partial charge in [-0.1, -0.05) is 6.08 Å². The first kappa shape index (κ1) is 13.2. The molecule has 6 nitrogen and oxygen atoms in total. The van der Waals surface area contributed by atoms with E-state index in [0.717, 1.165) is 62.1 Å². The van der Waals surface area contributed by atoms with Crippen LogP contribution in [0, 0.1) is 0 Å². The third-order valence-corrected chi connectivity index (χ3v) is 3.81. The zero-order valence-electron chi connectivity index (χ0n) is 11.5. The average Bonchev–Trinajstić information content (AvgIpc) is 2.90. The third kappa shape index (κ3) is 2.70. The molecule has 1 aromatic rings. The summed E-state index contributed by atoms with van der Waals surface area (Å²) < 4.78 is 5.36. The van der Waals surface area contributed by atoms with E-state index in [1.807, 2.05) is 0 Å².